The zero-order chi connectivity index (χ0) is 13.8. The molecule has 1 unspecified atom stereocenters. The van der Waals surface area contributed by atoms with E-state index in [2.05, 4.69) is 5.16 Å². The lowest BCUT2D eigenvalue weighted by molar-refractivity contribution is 0.208. The number of hydrogen-bond acceptors (Lipinski definition) is 4. The minimum atomic E-state index is -0.430. The smallest absolute Gasteiger partial charge is 0.172 e. The SMILES string of the molecule is NC(=NO)c1cc(F)ccc1N1CCCC(CO)C1. The summed E-state index contributed by atoms with van der Waals surface area (Å²) in [7, 11) is 0. The van der Waals surface area contributed by atoms with Crippen LogP contribution in [0.25, 0.3) is 0 Å². The van der Waals surface area contributed by atoms with Gasteiger partial charge in [0.25, 0.3) is 0 Å². The Hall–Kier alpha value is -1.82. The van der Waals surface area contributed by atoms with Crippen LogP contribution in [0.3, 0.4) is 0 Å². The molecule has 0 bridgehead atoms. The van der Waals surface area contributed by atoms with Gasteiger partial charge in [0.15, 0.2) is 5.84 Å². The highest BCUT2D eigenvalue weighted by molar-refractivity contribution is 6.02. The largest absolute Gasteiger partial charge is 0.409 e. The third-order valence-electron chi connectivity index (χ3n) is 3.46. The van der Waals surface area contributed by atoms with Gasteiger partial charge in [-0.2, -0.15) is 0 Å². The van der Waals surface area contributed by atoms with Crippen molar-refractivity contribution in [1.82, 2.24) is 0 Å². The van der Waals surface area contributed by atoms with Gasteiger partial charge in [0.2, 0.25) is 0 Å². The first-order valence-electron chi connectivity index (χ1n) is 6.29. The van der Waals surface area contributed by atoms with Crippen LogP contribution in [0.2, 0.25) is 0 Å². The number of aliphatic hydroxyl groups is 1. The summed E-state index contributed by atoms with van der Waals surface area (Å²) in [5, 5.41) is 21.0. The van der Waals surface area contributed by atoms with E-state index in [4.69, 9.17) is 10.9 Å². The summed E-state index contributed by atoms with van der Waals surface area (Å²) in [5.74, 6) is -0.333. The summed E-state index contributed by atoms with van der Waals surface area (Å²) >= 11 is 0. The van der Waals surface area contributed by atoms with Crippen LogP contribution in [-0.2, 0) is 0 Å². The second kappa shape index (κ2) is 5.88. The molecule has 0 radical (unpaired) electrons. The number of anilines is 1. The highest BCUT2D eigenvalue weighted by Gasteiger charge is 2.22. The Morgan fingerprint density at radius 2 is 2.32 bits per heavy atom. The summed E-state index contributed by atoms with van der Waals surface area (Å²) in [6.07, 6.45) is 1.94. The normalized spacial score (nSPS) is 20.6. The number of amidine groups is 1. The number of benzene rings is 1. The molecule has 4 N–H and O–H groups in total. The molecule has 0 spiro atoms. The number of aliphatic hydroxyl groups excluding tert-OH is 1. The molecule has 0 saturated carbocycles. The summed E-state index contributed by atoms with van der Waals surface area (Å²) in [5.41, 5.74) is 6.70. The van der Waals surface area contributed by atoms with Crippen LogP contribution in [0, 0.1) is 11.7 Å². The van der Waals surface area contributed by atoms with Crippen LogP contribution in [0.5, 0.6) is 0 Å². The van der Waals surface area contributed by atoms with Crippen molar-refractivity contribution >= 4 is 11.5 Å². The summed E-state index contributed by atoms with van der Waals surface area (Å²) in [6.45, 7) is 1.64. The molecule has 6 heteroatoms. The zero-order valence-electron chi connectivity index (χ0n) is 10.6. The van der Waals surface area contributed by atoms with E-state index >= 15 is 0 Å². The van der Waals surface area contributed by atoms with Gasteiger partial charge in [-0.3, -0.25) is 0 Å². The van der Waals surface area contributed by atoms with Crippen molar-refractivity contribution < 1.29 is 14.7 Å². The lowest BCUT2D eigenvalue weighted by Gasteiger charge is -2.34. The molecule has 1 aliphatic heterocycles. The molecule has 0 amide bonds. The maximum Gasteiger partial charge on any atom is 0.172 e. The molecule has 2 rings (SSSR count). The molecule has 1 saturated heterocycles. The molecule has 104 valence electrons. The lowest BCUT2D eigenvalue weighted by atomic mass is 9.97. The standard InChI is InChI=1S/C13H18FN3O2/c14-10-3-4-12(11(6-10)13(15)16-19)17-5-1-2-9(7-17)8-18/h3-4,6,9,18-19H,1-2,5,7-8H2,(H2,15,16). The van der Waals surface area contributed by atoms with E-state index in [-0.39, 0.29) is 18.4 Å². The Morgan fingerprint density at radius 3 is 3.00 bits per heavy atom. The van der Waals surface area contributed by atoms with Crippen molar-refractivity contribution in [3.8, 4) is 0 Å². The Balaban J connectivity index is 2.33. The molecular formula is C13H18FN3O2. The second-order valence-corrected chi connectivity index (χ2v) is 4.78. The summed E-state index contributed by atoms with van der Waals surface area (Å²) in [4.78, 5) is 2.04. The number of hydrogen-bond donors (Lipinski definition) is 3. The molecule has 1 heterocycles. The van der Waals surface area contributed by atoms with Gasteiger partial charge in [-0.05, 0) is 37.0 Å². The third kappa shape index (κ3) is 2.96. The Bertz CT molecular complexity index is 479. The molecule has 1 aromatic rings. The second-order valence-electron chi connectivity index (χ2n) is 4.78. The molecule has 1 aromatic carbocycles. The maximum atomic E-state index is 13.3. The first-order valence-corrected chi connectivity index (χ1v) is 6.29. The molecule has 1 aliphatic rings. The van der Waals surface area contributed by atoms with Gasteiger partial charge < -0.3 is 20.9 Å². The number of piperidine rings is 1. The van der Waals surface area contributed by atoms with Gasteiger partial charge in [-0.1, -0.05) is 5.16 Å². The Morgan fingerprint density at radius 1 is 1.53 bits per heavy atom. The van der Waals surface area contributed by atoms with Crippen LogP contribution in [0.4, 0.5) is 10.1 Å². The van der Waals surface area contributed by atoms with E-state index in [1.807, 2.05) is 4.90 Å². The van der Waals surface area contributed by atoms with Crippen LogP contribution >= 0.6 is 0 Å². The van der Waals surface area contributed by atoms with Crippen molar-refractivity contribution in [2.24, 2.45) is 16.8 Å². The van der Waals surface area contributed by atoms with Gasteiger partial charge in [-0.25, -0.2) is 4.39 Å². The minimum absolute atomic E-state index is 0.111. The van der Waals surface area contributed by atoms with E-state index in [1.165, 1.54) is 12.1 Å². The van der Waals surface area contributed by atoms with Gasteiger partial charge >= 0.3 is 0 Å². The summed E-state index contributed by atoms with van der Waals surface area (Å²) in [6, 6.07) is 4.24. The summed E-state index contributed by atoms with van der Waals surface area (Å²) < 4.78 is 13.3. The van der Waals surface area contributed by atoms with Gasteiger partial charge in [0.1, 0.15) is 5.82 Å². The predicted molar refractivity (Wildman–Crippen MR) is 70.9 cm³/mol. The third-order valence-corrected chi connectivity index (χ3v) is 3.46. The van der Waals surface area contributed by atoms with E-state index in [0.717, 1.165) is 25.1 Å². The molecule has 5 nitrogen and oxygen atoms in total. The fourth-order valence-electron chi connectivity index (χ4n) is 2.48. The monoisotopic (exact) mass is 267 g/mol. The number of rotatable bonds is 3. The number of halogens is 1. The van der Waals surface area contributed by atoms with E-state index in [1.54, 1.807) is 6.07 Å². The van der Waals surface area contributed by atoms with Crippen molar-refractivity contribution in [3.05, 3.63) is 29.6 Å². The van der Waals surface area contributed by atoms with E-state index < -0.39 is 5.82 Å². The highest BCUT2D eigenvalue weighted by atomic mass is 19.1. The molecular weight excluding hydrogens is 249 g/mol. The molecule has 19 heavy (non-hydrogen) atoms. The quantitative estimate of drug-likeness (QED) is 0.332. The number of oxime groups is 1. The van der Waals surface area contributed by atoms with Crippen LogP contribution in [0.1, 0.15) is 18.4 Å². The van der Waals surface area contributed by atoms with Gasteiger partial charge in [0.05, 0.1) is 0 Å². The van der Waals surface area contributed by atoms with Crippen LogP contribution < -0.4 is 10.6 Å². The molecule has 0 aromatic heterocycles. The molecule has 0 aliphatic carbocycles. The topological polar surface area (TPSA) is 82.1 Å². The first-order chi connectivity index (χ1) is 9.15. The van der Waals surface area contributed by atoms with Crippen LogP contribution in [-0.4, -0.2) is 35.8 Å². The van der Waals surface area contributed by atoms with E-state index in [9.17, 15) is 9.50 Å². The van der Waals surface area contributed by atoms with Crippen molar-refractivity contribution in [3.63, 3.8) is 0 Å². The zero-order valence-corrected chi connectivity index (χ0v) is 10.6. The van der Waals surface area contributed by atoms with Crippen molar-refractivity contribution in [2.45, 2.75) is 12.8 Å². The molecule has 1 atom stereocenters. The fourth-order valence-corrected chi connectivity index (χ4v) is 2.48. The van der Waals surface area contributed by atoms with Gasteiger partial charge in [-0.15, -0.1) is 0 Å². The number of nitrogens with two attached hydrogens (primary N) is 1. The van der Waals surface area contributed by atoms with Gasteiger partial charge in [0, 0.05) is 30.9 Å². The minimum Gasteiger partial charge on any atom is -0.409 e. The molecule has 1 fully saturated rings. The van der Waals surface area contributed by atoms with Crippen molar-refractivity contribution in [1.29, 1.82) is 0 Å². The Labute approximate surface area is 111 Å². The average Bonchev–Trinajstić information content (AvgIpc) is 2.46. The first kappa shape index (κ1) is 13.6. The van der Waals surface area contributed by atoms with Crippen LogP contribution in [0.15, 0.2) is 23.4 Å². The lowest BCUT2D eigenvalue weighted by Crippen LogP contribution is -2.38. The van der Waals surface area contributed by atoms with E-state index in [0.29, 0.717) is 12.1 Å². The highest BCUT2D eigenvalue weighted by Crippen LogP contribution is 2.27. The number of nitrogens with zero attached hydrogens (tertiary/aromatic N) is 2. The fraction of sp³-hybridized carbons (Fsp3) is 0.462. The van der Waals surface area contributed by atoms with Crippen molar-refractivity contribution in [2.75, 3.05) is 24.6 Å². The average molecular weight is 267 g/mol. The predicted octanol–water partition coefficient (Wildman–Crippen LogP) is 1.13. The Kier molecular flexibility index (Phi) is 4.21. The maximum absolute atomic E-state index is 13.3.